The summed E-state index contributed by atoms with van der Waals surface area (Å²) in [5, 5.41) is 3.15. The van der Waals surface area contributed by atoms with Crippen LogP contribution in [0.1, 0.15) is 40.9 Å². The molecule has 1 atom stereocenters. The molecule has 1 fully saturated rings. The smallest absolute Gasteiger partial charge is 0.291 e. The van der Waals surface area contributed by atoms with Crippen molar-refractivity contribution in [2.45, 2.75) is 26.3 Å². The molecule has 1 saturated heterocycles. The first-order valence-electron chi connectivity index (χ1n) is 14.4. The largest absolute Gasteiger partial charge is 0.366 e. The van der Waals surface area contributed by atoms with Crippen LogP contribution >= 0.6 is 0 Å². The van der Waals surface area contributed by atoms with Crippen LogP contribution in [0.25, 0.3) is 11.3 Å². The van der Waals surface area contributed by atoms with Gasteiger partial charge in [-0.2, -0.15) is 0 Å². The van der Waals surface area contributed by atoms with Gasteiger partial charge in [0.15, 0.2) is 5.82 Å². The maximum Gasteiger partial charge on any atom is 0.291 e. The van der Waals surface area contributed by atoms with Gasteiger partial charge in [0.05, 0.1) is 5.69 Å². The lowest BCUT2D eigenvalue weighted by Crippen LogP contribution is -2.48. The Morgan fingerprint density at radius 1 is 1.05 bits per heavy atom. The molecule has 10 heteroatoms. The molecule has 2 heterocycles. The number of hydrogen-bond donors (Lipinski definition) is 3. The van der Waals surface area contributed by atoms with Crippen molar-refractivity contribution in [3.05, 3.63) is 100.0 Å². The zero-order valence-corrected chi connectivity index (χ0v) is 24.9. The molecule has 4 aromatic rings. The number of primary amides is 1. The first-order chi connectivity index (χ1) is 20.7. The lowest BCUT2D eigenvalue weighted by molar-refractivity contribution is -0.139. The molecule has 2 amide bonds. The molecule has 3 aromatic carbocycles. The van der Waals surface area contributed by atoms with Gasteiger partial charge in [-0.15, -0.1) is 0 Å². The van der Waals surface area contributed by atoms with Gasteiger partial charge in [0.25, 0.3) is 5.56 Å². The molecule has 5 rings (SSSR count). The predicted octanol–water partition coefficient (Wildman–Crippen LogP) is 4.58. The van der Waals surface area contributed by atoms with E-state index in [0.717, 1.165) is 47.6 Å². The third-order valence-corrected chi connectivity index (χ3v) is 7.90. The van der Waals surface area contributed by atoms with Gasteiger partial charge in [-0.1, -0.05) is 31.2 Å². The normalized spacial score (nSPS) is 15.4. The van der Waals surface area contributed by atoms with Gasteiger partial charge in [0.1, 0.15) is 6.04 Å². The Morgan fingerprint density at radius 3 is 2.44 bits per heavy atom. The number of aromatic nitrogens is 2. The summed E-state index contributed by atoms with van der Waals surface area (Å²) in [4.78, 5) is 50.6. The first-order valence-corrected chi connectivity index (χ1v) is 14.4. The van der Waals surface area contributed by atoms with Crippen molar-refractivity contribution in [1.82, 2.24) is 19.8 Å². The highest BCUT2D eigenvalue weighted by molar-refractivity contribution is 5.93. The molecule has 43 heavy (non-hydrogen) atoms. The number of nitrogens with two attached hydrogens (primary N) is 1. The second-order valence-electron chi connectivity index (χ2n) is 10.9. The summed E-state index contributed by atoms with van der Waals surface area (Å²) >= 11 is 0. The van der Waals surface area contributed by atoms with Crippen LogP contribution in [-0.4, -0.2) is 65.3 Å². The number of piperazine rings is 1. The SMILES string of the molecule is CCCN(c1ccc(C(N)=O)cc1)c1cccc(-c2c[nH]c(=O)c(Nc3ccc(C4C(=O)N(C)CCN4C)cc3)n2)c1C. The van der Waals surface area contributed by atoms with Crippen LogP contribution < -0.4 is 21.5 Å². The molecular weight excluding hydrogens is 542 g/mol. The van der Waals surface area contributed by atoms with E-state index in [0.29, 0.717) is 23.5 Å². The van der Waals surface area contributed by atoms with Crippen LogP contribution in [-0.2, 0) is 4.79 Å². The van der Waals surface area contributed by atoms with Crippen LogP contribution in [0.15, 0.2) is 77.7 Å². The van der Waals surface area contributed by atoms with E-state index in [1.54, 1.807) is 23.2 Å². The summed E-state index contributed by atoms with van der Waals surface area (Å²) in [6.45, 7) is 6.42. The molecule has 0 bridgehead atoms. The van der Waals surface area contributed by atoms with Gasteiger partial charge in [0, 0.05) is 61.1 Å². The zero-order valence-electron chi connectivity index (χ0n) is 24.9. The average molecular weight is 580 g/mol. The van der Waals surface area contributed by atoms with E-state index in [9.17, 15) is 14.4 Å². The van der Waals surface area contributed by atoms with E-state index < -0.39 is 5.91 Å². The van der Waals surface area contributed by atoms with Gasteiger partial charge < -0.3 is 25.8 Å². The number of aromatic amines is 1. The summed E-state index contributed by atoms with van der Waals surface area (Å²) in [5.41, 5.74) is 11.6. The fraction of sp³-hybridized carbons (Fsp3) is 0.273. The summed E-state index contributed by atoms with van der Waals surface area (Å²) in [5.74, 6) is -0.220. The highest BCUT2D eigenvalue weighted by Gasteiger charge is 2.31. The van der Waals surface area contributed by atoms with Gasteiger partial charge >= 0.3 is 0 Å². The molecule has 1 unspecified atom stereocenters. The first kappa shape index (κ1) is 29.5. The molecule has 222 valence electrons. The predicted molar refractivity (Wildman–Crippen MR) is 170 cm³/mol. The maximum absolute atomic E-state index is 12.8. The Balaban J connectivity index is 1.42. The molecule has 0 saturated carbocycles. The molecule has 10 nitrogen and oxygen atoms in total. The lowest BCUT2D eigenvalue weighted by Gasteiger charge is -2.37. The summed E-state index contributed by atoms with van der Waals surface area (Å²) in [6, 6.07) is 20.5. The van der Waals surface area contributed by atoms with Crippen LogP contribution in [0.3, 0.4) is 0 Å². The Hall–Kier alpha value is -4.96. The molecule has 4 N–H and O–H groups in total. The van der Waals surface area contributed by atoms with E-state index in [-0.39, 0.29) is 23.3 Å². The van der Waals surface area contributed by atoms with Crippen molar-refractivity contribution in [2.24, 2.45) is 5.73 Å². The number of H-pyrrole nitrogens is 1. The van der Waals surface area contributed by atoms with Crippen LogP contribution in [0, 0.1) is 6.92 Å². The summed E-state index contributed by atoms with van der Waals surface area (Å²) in [6.07, 6.45) is 2.53. The second-order valence-corrected chi connectivity index (χ2v) is 10.9. The van der Waals surface area contributed by atoms with Gasteiger partial charge in [0.2, 0.25) is 11.8 Å². The van der Waals surface area contributed by atoms with Crippen molar-refractivity contribution >= 4 is 34.7 Å². The van der Waals surface area contributed by atoms with E-state index in [1.165, 1.54) is 0 Å². The van der Waals surface area contributed by atoms with E-state index in [4.69, 9.17) is 10.7 Å². The molecule has 1 aliphatic heterocycles. The third kappa shape index (κ3) is 6.14. The van der Waals surface area contributed by atoms with Crippen LogP contribution in [0.2, 0.25) is 0 Å². The summed E-state index contributed by atoms with van der Waals surface area (Å²) < 4.78 is 0. The number of hydrogen-bond acceptors (Lipinski definition) is 7. The monoisotopic (exact) mass is 579 g/mol. The van der Waals surface area contributed by atoms with Crippen LogP contribution in [0.4, 0.5) is 22.9 Å². The van der Waals surface area contributed by atoms with E-state index >= 15 is 0 Å². The standard InChI is InChI=1S/C33H37N7O3/c1-5-17-40(25-15-11-23(12-16-25)30(34)41)28-8-6-7-26(21(28)2)27-20-35-32(42)31(37-27)36-24-13-9-22(10-14-24)29-33(43)39(4)19-18-38(29)3/h6-16,20,29H,5,17-19H2,1-4H3,(H2,34,41)(H,35,42)(H,36,37). The van der Waals surface area contributed by atoms with Crippen molar-refractivity contribution in [3.63, 3.8) is 0 Å². The fourth-order valence-electron chi connectivity index (χ4n) is 5.47. The molecule has 0 spiro atoms. The third-order valence-electron chi connectivity index (χ3n) is 7.90. The number of carbonyl (C=O) groups is 2. The van der Waals surface area contributed by atoms with Gasteiger partial charge in [-0.05, 0) is 74.0 Å². The van der Waals surface area contributed by atoms with Crippen molar-refractivity contribution in [2.75, 3.05) is 43.9 Å². The Kier molecular flexibility index (Phi) is 8.58. The van der Waals surface area contributed by atoms with Crippen molar-refractivity contribution in [3.8, 4) is 11.3 Å². The number of rotatable bonds is 9. The highest BCUT2D eigenvalue weighted by atomic mass is 16.2. The average Bonchev–Trinajstić information content (AvgIpc) is 3.00. The zero-order chi connectivity index (χ0) is 30.7. The molecule has 1 aliphatic rings. The topological polar surface area (TPSA) is 128 Å². The van der Waals surface area contributed by atoms with Crippen LogP contribution in [0.5, 0.6) is 0 Å². The minimum atomic E-state index is -0.462. The number of benzene rings is 3. The van der Waals surface area contributed by atoms with E-state index in [1.807, 2.05) is 69.6 Å². The number of likely N-dealkylation sites (N-methyl/N-ethyl adjacent to an activating group) is 2. The minimum absolute atomic E-state index is 0.0676. The maximum atomic E-state index is 12.8. The Bertz CT molecular complexity index is 1680. The molecular formula is C33H37N7O3. The number of amides is 2. The molecule has 0 radical (unpaired) electrons. The second kappa shape index (κ2) is 12.5. The summed E-state index contributed by atoms with van der Waals surface area (Å²) in [7, 11) is 3.78. The Labute approximate surface area is 251 Å². The van der Waals surface area contributed by atoms with Gasteiger partial charge in [-0.3, -0.25) is 19.3 Å². The van der Waals surface area contributed by atoms with Crippen molar-refractivity contribution < 1.29 is 9.59 Å². The number of nitrogens with one attached hydrogen (secondary N) is 2. The quantitative estimate of drug-likeness (QED) is 0.265. The number of anilines is 4. The fourth-order valence-corrected chi connectivity index (χ4v) is 5.47. The van der Waals surface area contributed by atoms with Gasteiger partial charge in [-0.25, -0.2) is 4.98 Å². The van der Waals surface area contributed by atoms with E-state index in [2.05, 4.69) is 33.1 Å². The Morgan fingerprint density at radius 2 is 1.77 bits per heavy atom. The minimum Gasteiger partial charge on any atom is -0.366 e. The van der Waals surface area contributed by atoms with Crippen molar-refractivity contribution in [1.29, 1.82) is 0 Å². The molecule has 1 aromatic heterocycles. The number of carbonyl (C=O) groups excluding carboxylic acids is 2. The lowest BCUT2D eigenvalue weighted by atomic mass is 10.0. The molecule has 0 aliphatic carbocycles. The number of nitrogens with zero attached hydrogens (tertiary/aromatic N) is 4. The highest BCUT2D eigenvalue weighted by Crippen LogP contribution is 2.34.